The lowest BCUT2D eigenvalue weighted by atomic mass is 9.92. The smallest absolute Gasteiger partial charge is 0.246 e. The fourth-order valence-electron chi connectivity index (χ4n) is 7.24. The van der Waals surface area contributed by atoms with Crippen molar-refractivity contribution in [1.82, 2.24) is 25.9 Å². The molecule has 2 fully saturated rings. The van der Waals surface area contributed by atoms with Crippen LogP contribution in [0.2, 0.25) is 0 Å². The Balaban J connectivity index is 1.34. The molecule has 50 heavy (non-hydrogen) atoms. The molecular weight excluding hydrogens is 632 g/mol. The van der Waals surface area contributed by atoms with Crippen molar-refractivity contribution in [3.05, 3.63) is 71.8 Å². The number of rotatable bonds is 16. The first-order chi connectivity index (χ1) is 23.8. The van der Waals surface area contributed by atoms with Crippen LogP contribution in [-0.2, 0) is 36.8 Å². The fraction of sp³-hybridized carbons (Fsp3) is 0.564. The molecule has 11 nitrogen and oxygen atoms in total. The lowest BCUT2D eigenvalue weighted by molar-refractivity contribution is -0.142. The van der Waals surface area contributed by atoms with Crippen molar-refractivity contribution in [2.45, 2.75) is 122 Å². The van der Waals surface area contributed by atoms with Gasteiger partial charge in [-0.05, 0) is 70.4 Å². The van der Waals surface area contributed by atoms with Gasteiger partial charge in [-0.2, -0.15) is 5.10 Å². The minimum atomic E-state index is -0.894. The van der Waals surface area contributed by atoms with Crippen LogP contribution in [0.25, 0.3) is 0 Å². The van der Waals surface area contributed by atoms with Crippen molar-refractivity contribution >= 4 is 29.2 Å². The molecule has 3 heterocycles. The summed E-state index contributed by atoms with van der Waals surface area (Å²) in [5.74, 6) is -0.953. The van der Waals surface area contributed by atoms with Crippen molar-refractivity contribution < 1.29 is 23.9 Å². The number of nitrogens with zero attached hydrogens (tertiary/aromatic N) is 3. The summed E-state index contributed by atoms with van der Waals surface area (Å²) >= 11 is 0. The Hall–Kier alpha value is -4.09. The van der Waals surface area contributed by atoms with Crippen molar-refractivity contribution in [2.24, 2.45) is 11.0 Å². The Morgan fingerprint density at radius 3 is 2.16 bits per heavy atom. The number of ether oxygens (including phenoxy) is 1. The molecule has 3 amide bonds. The van der Waals surface area contributed by atoms with E-state index in [1.165, 1.54) is 0 Å². The molecule has 3 N–H and O–H groups in total. The maximum Gasteiger partial charge on any atom is 0.246 e. The van der Waals surface area contributed by atoms with Crippen LogP contribution in [0.15, 0.2) is 65.8 Å². The molecule has 8 atom stereocenters. The van der Waals surface area contributed by atoms with Crippen LogP contribution in [0.3, 0.4) is 0 Å². The number of hydrogen-bond donors (Lipinski definition) is 3. The first-order valence-corrected chi connectivity index (χ1v) is 18.0. The predicted molar refractivity (Wildman–Crippen MR) is 193 cm³/mol. The Morgan fingerprint density at radius 2 is 1.60 bits per heavy atom. The van der Waals surface area contributed by atoms with Gasteiger partial charge in [-0.25, -0.2) is 0 Å². The molecule has 3 aliphatic rings. The highest BCUT2D eigenvalue weighted by Gasteiger charge is 2.51. The highest BCUT2D eigenvalue weighted by Crippen LogP contribution is 2.30. The number of ketones is 1. The Kier molecular flexibility index (Phi) is 11.8. The summed E-state index contributed by atoms with van der Waals surface area (Å²) in [5.41, 5.74) is 2.02. The van der Waals surface area contributed by atoms with Gasteiger partial charge < -0.3 is 20.3 Å². The molecule has 11 heteroatoms. The molecule has 0 spiro atoms. The number of likely N-dealkylation sites (N-methyl/N-ethyl adjacent to an activating group) is 1. The summed E-state index contributed by atoms with van der Waals surface area (Å²) in [7, 11) is 1.92. The van der Waals surface area contributed by atoms with E-state index in [2.05, 4.69) is 28.0 Å². The second-order valence-corrected chi connectivity index (χ2v) is 14.9. The lowest BCUT2D eigenvalue weighted by Crippen LogP contribution is -2.58. The molecule has 0 saturated carbocycles. The van der Waals surface area contributed by atoms with Crippen LogP contribution in [0.5, 0.6) is 0 Å². The van der Waals surface area contributed by atoms with Gasteiger partial charge >= 0.3 is 0 Å². The lowest BCUT2D eigenvalue weighted by Gasteiger charge is -2.33. The van der Waals surface area contributed by atoms with Gasteiger partial charge in [0.2, 0.25) is 17.7 Å². The maximum absolute atomic E-state index is 14.2. The normalized spacial score (nSPS) is 26.4. The van der Waals surface area contributed by atoms with Crippen molar-refractivity contribution in [3.63, 3.8) is 0 Å². The number of aryl methyl sites for hydroxylation is 1. The second kappa shape index (κ2) is 15.9. The summed E-state index contributed by atoms with van der Waals surface area (Å²) in [6, 6.07) is 16.2. The summed E-state index contributed by atoms with van der Waals surface area (Å²) in [6.07, 6.45) is 2.30. The Morgan fingerprint density at radius 1 is 0.980 bits per heavy atom. The third-order valence-corrected chi connectivity index (χ3v) is 10.4. The number of nitrogens with one attached hydrogen (secondary N) is 3. The first-order valence-electron chi connectivity index (χ1n) is 18.0. The molecule has 0 radical (unpaired) electrons. The number of Topliss-reactive ketones (excluding diaryl/α,β-unsaturated/α-hetero) is 1. The van der Waals surface area contributed by atoms with Crippen LogP contribution in [0.4, 0.5) is 0 Å². The zero-order valence-electron chi connectivity index (χ0n) is 30.5. The molecule has 0 aromatic heterocycles. The molecule has 2 saturated heterocycles. The Bertz CT molecular complexity index is 1540. The van der Waals surface area contributed by atoms with Crippen LogP contribution < -0.4 is 16.0 Å². The van der Waals surface area contributed by atoms with E-state index in [1.807, 2.05) is 100 Å². The minimum Gasteiger partial charge on any atom is -0.361 e. The monoisotopic (exact) mass is 686 g/mol. The average molecular weight is 687 g/mol. The van der Waals surface area contributed by atoms with E-state index in [0.717, 1.165) is 16.8 Å². The van der Waals surface area contributed by atoms with E-state index in [4.69, 9.17) is 4.74 Å². The SMILES string of the molecule is CC1=NN(C)C(C)C1N[C@@H](CCc1ccccc1)C(=O)NC1CC(C)N([C@@H](Cc2ccccc2)C(=O)NC(CC(C)C)C(=O)C2(C)CO2)C1=O. The zero-order chi connectivity index (χ0) is 36.2. The molecule has 2 aromatic carbocycles. The van der Waals surface area contributed by atoms with Crippen LogP contribution >= 0.6 is 0 Å². The van der Waals surface area contributed by atoms with Crippen molar-refractivity contribution in [3.8, 4) is 0 Å². The summed E-state index contributed by atoms with van der Waals surface area (Å²) in [4.78, 5) is 57.5. The van der Waals surface area contributed by atoms with Gasteiger partial charge in [-0.3, -0.25) is 29.5 Å². The molecule has 270 valence electrons. The summed E-state index contributed by atoms with van der Waals surface area (Å²) in [6.45, 7) is 12.0. The third kappa shape index (κ3) is 8.79. The quantitative estimate of drug-likeness (QED) is 0.231. The van der Waals surface area contributed by atoms with Crippen molar-refractivity contribution in [2.75, 3.05) is 13.7 Å². The topological polar surface area (TPSA) is 136 Å². The van der Waals surface area contributed by atoms with Gasteiger partial charge in [0.15, 0.2) is 5.78 Å². The number of likely N-dealkylation sites (tertiary alicyclic amines) is 1. The number of carbonyl (C=O) groups is 4. The van der Waals surface area contributed by atoms with E-state index in [0.29, 0.717) is 32.3 Å². The third-order valence-electron chi connectivity index (χ3n) is 10.4. The number of hydrazone groups is 1. The molecule has 0 bridgehead atoms. The van der Waals surface area contributed by atoms with E-state index in [-0.39, 0.29) is 54.0 Å². The zero-order valence-corrected chi connectivity index (χ0v) is 30.5. The number of hydrogen-bond acceptors (Lipinski definition) is 8. The molecule has 5 rings (SSSR count). The number of epoxide rings is 1. The number of amides is 3. The van der Waals surface area contributed by atoms with E-state index in [9.17, 15) is 19.2 Å². The highest BCUT2D eigenvalue weighted by molar-refractivity contribution is 5.99. The van der Waals surface area contributed by atoms with Gasteiger partial charge in [-0.1, -0.05) is 74.5 Å². The van der Waals surface area contributed by atoms with Gasteiger partial charge in [0.05, 0.1) is 36.5 Å². The largest absolute Gasteiger partial charge is 0.361 e. The van der Waals surface area contributed by atoms with Gasteiger partial charge in [-0.15, -0.1) is 0 Å². The van der Waals surface area contributed by atoms with Gasteiger partial charge in [0.25, 0.3) is 0 Å². The van der Waals surface area contributed by atoms with Crippen LogP contribution in [0, 0.1) is 5.92 Å². The predicted octanol–water partition coefficient (Wildman–Crippen LogP) is 3.26. The standard InChI is InChI=1S/C39H54N6O5/c1-24(2)20-31(35(46)39(6)23-50-39)41-37(48)33(22-29-16-12-9-13-17-29)45-25(3)21-32(38(45)49)42-36(47)30(19-18-28-14-10-8-11-15-28)40-34-26(4)43-44(7)27(34)5/h8-17,24-25,27,30-34,40H,18-23H2,1-7H3,(H,41,48)(H,42,47)/t25?,27?,30-,31?,32?,33-,34?,39?/m0/s1. The average Bonchev–Trinajstić information content (AvgIpc) is 3.72. The van der Waals surface area contributed by atoms with Crippen LogP contribution in [-0.4, -0.2) is 101 Å². The molecular formula is C39H54N6O5. The highest BCUT2D eigenvalue weighted by atomic mass is 16.6. The van der Waals surface area contributed by atoms with E-state index in [1.54, 1.807) is 11.8 Å². The molecule has 6 unspecified atom stereocenters. The fourth-order valence-corrected chi connectivity index (χ4v) is 7.24. The molecule has 3 aliphatic heterocycles. The molecule has 2 aromatic rings. The van der Waals surface area contributed by atoms with E-state index >= 15 is 0 Å². The minimum absolute atomic E-state index is 0.0587. The number of carbonyl (C=O) groups excluding carboxylic acids is 4. The Labute approximate surface area is 296 Å². The first kappa shape index (κ1) is 37.2. The van der Waals surface area contributed by atoms with Gasteiger partial charge in [0, 0.05) is 19.5 Å². The van der Waals surface area contributed by atoms with Gasteiger partial charge in [0.1, 0.15) is 17.7 Å². The van der Waals surface area contributed by atoms with Crippen molar-refractivity contribution in [1.29, 1.82) is 0 Å². The molecule has 0 aliphatic carbocycles. The van der Waals surface area contributed by atoms with Crippen LogP contribution in [0.1, 0.15) is 71.9 Å². The summed E-state index contributed by atoms with van der Waals surface area (Å²) in [5, 5.41) is 16.1. The second-order valence-electron chi connectivity index (χ2n) is 14.9. The van der Waals surface area contributed by atoms with E-state index < -0.39 is 29.8 Å². The maximum atomic E-state index is 14.2. The summed E-state index contributed by atoms with van der Waals surface area (Å²) < 4.78 is 5.44. The number of benzene rings is 2.